The Morgan fingerprint density at radius 2 is 1.64 bits per heavy atom. The highest BCUT2D eigenvalue weighted by molar-refractivity contribution is 5.96. The van der Waals surface area contributed by atoms with Crippen molar-refractivity contribution < 1.29 is 45.3 Å². The van der Waals surface area contributed by atoms with Crippen molar-refractivity contribution in [3.05, 3.63) is 35.4 Å². The van der Waals surface area contributed by atoms with E-state index in [0.717, 1.165) is 12.8 Å². The molecule has 1 aromatic carbocycles. The zero-order valence-electron chi connectivity index (χ0n) is 27.0. The number of aliphatic hydroxyl groups is 5. The Morgan fingerprint density at radius 3 is 2.33 bits per heavy atom. The Balaban J connectivity index is 1.29. The molecule has 4 saturated carbocycles. The van der Waals surface area contributed by atoms with Crippen molar-refractivity contribution in [3.8, 4) is 11.5 Å². The van der Waals surface area contributed by atoms with Crippen LogP contribution in [0.3, 0.4) is 0 Å². The lowest BCUT2D eigenvalue weighted by Gasteiger charge is -2.62. The highest BCUT2D eigenvalue weighted by atomic mass is 16.6. The second kappa shape index (κ2) is 9.77. The fourth-order valence-electron chi connectivity index (χ4n) is 12.0. The van der Waals surface area contributed by atoms with E-state index in [1.54, 1.807) is 19.1 Å². The molecule has 1 saturated heterocycles. The fourth-order valence-corrected chi connectivity index (χ4v) is 12.0. The lowest BCUT2D eigenvalue weighted by Crippen LogP contribution is -2.66. The summed E-state index contributed by atoms with van der Waals surface area (Å²) >= 11 is 0. The molecule has 9 nitrogen and oxygen atoms in total. The summed E-state index contributed by atoms with van der Waals surface area (Å²) in [7, 11) is 0. The molecule has 7 rings (SSSR count). The first kappa shape index (κ1) is 31.6. The van der Waals surface area contributed by atoms with E-state index in [1.165, 1.54) is 12.1 Å². The van der Waals surface area contributed by atoms with E-state index >= 15 is 0 Å². The number of phenols is 2. The van der Waals surface area contributed by atoms with Gasteiger partial charge in [0.2, 0.25) is 0 Å². The summed E-state index contributed by atoms with van der Waals surface area (Å²) in [5, 5.41) is 79.7. The molecule has 7 N–H and O–H groups in total. The van der Waals surface area contributed by atoms with E-state index in [2.05, 4.69) is 6.92 Å². The maximum absolute atomic E-state index is 14.3. The predicted molar refractivity (Wildman–Crippen MR) is 164 cm³/mol. The number of rotatable bonds is 1. The molecule has 0 aromatic heterocycles. The van der Waals surface area contributed by atoms with Crippen molar-refractivity contribution in [2.75, 3.05) is 0 Å². The first-order valence-corrected chi connectivity index (χ1v) is 16.9. The van der Waals surface area contributed by atoms with Crippen molar-refractivity contribution >= 4 is 5.78 Å². The van der Waals surface area contributed by atoms with E-state index in [-0.39, 0.29) is 47.9 Å². The molecular formula is C36H50O9. The van der Waals surface area contributed by atoms with Crippen LogP contribution in [0, 0.1) is 40.4 Å². The lowest BCUT2D eigenvalue weighted by molar-refractivity contribution is -0.223. The van der Waals surface area contributed by atoms with Crippen molar-refractivity contribution in [2.24, 2.45) is 40.4 Å². The molecule has 0 amide bonds. The minimum atomic E-state index is -1.46. The van der Waals surface area contributed by atoms with Crippen molar-refractivity contribution in [3.63, 3.8) is 0 Å². The minimum Gasteiger partial charge on any atom is -0.504 e. The molecule has 9 heteroatoms. The van der Waals surface area contributed by atoms with Crippen molar-refractivity contribution in [2.45, 2.75) is 127 Å². The number of carbonyl (C=O) groups excluding carboxylic acids is 1. The molecule has 0 unspecified atom stereocenters. The van der Waals surface area contributed by atoms with Gasteiger partial charge in [-0.1, -0.05) is 46.6 Å². The molecule has 15 atom stereocenters. The number of aromatic hydroxyl groups is 2. The number of aliphatic hydroxyl groups excluding tert-OH is 3. The number of hydrogen-bond acceptors (Lipinski definition) is 9. The van der Waals surface area contributed by atoms with Crippen LogP contribution in [-0.2, 0) is 9.53 Å². The predicted octanol–water partition coefficient (Wildman–Crippen LogP) is 3.31. The van der Waals surface area contributed by atoms with Crippen LogP contribution in [0.2, 0.25) is 0 Å². The van der Waals surface area contributed by atoms with Gasteiger partial charge < -0.3 is 40.5 Å². The maximum Gasteiger partial charge on any atom is 0.160 e. The van der Waals surface area contributed by atoms with Crippen LogP contribution in [0.25, 0.3) is 0 Å². The summed E-state index contributed by atoms with van der Waals surface area (Å²) in [6, 6.07) is 4.23. The van der Waals surface area contributed by atoms with Gasteiger partial charge in [-0.25, -0.2) is 0 Å². The third-order valence-electron chi connectivity index (χ3n) is 14.5. The number of fused-ring (bicyclic) bond motifs is 7. The molecular weight excluding hydrogens is 576 g/mol. The molecule has 1 aromatic rings. The van der Waals surface area contributed by atoms with Crippen LogP contribution in [0.15, 0.2) is 29.8 Å². The van der Waals surface area contributed by atoms with Gasteiger partial charge in [0.05, 0.1) is 35.6 Å². The Morgan fingerprint density at radius 1 is 0.933 bits per heavy atom. The normalized spacial score (nSPS) is 54.1. The highest BCUT2D eigenvalue weighted by Gasteiger charge is 2.79. The quantitative estimate of drug-likeness (QED) is 0.231. The summed E-state index contributed by atoms with van der Waals surface area (Å²) < 4.78 is 6.84. The third kappa shape index (κ3) is 3.80. The van der Waals surface area contributed by atoms with Crippen LogP contribution in [0.5, 0.6) is 11.5 Å². The second-order valence-corrected chi connectivity index (χ2v) is 16.4. The number of phenolic OH excluding ortho intramolecular Hbond substituents is 2. The van der Waals surface area contributed by atoms with Crippen LogP contribution in [0.4, 0.5) is 0 Å². The van der Waals surface area contributed by atoms with Gasteiger partial charge >= 0.3 is 0 Å². The van der Waals surface area contributed by atoms with Gasteiger partial charge in [0, 0.05) is 29.6 Å². The first-order valence-electron chi connectivity index (χ1n) is 16.9. The smallest absolute Gasteiger partial charge is 0.160 e. The third-order valence-corrected chi connectivity index (χ3v) is 14.5. The van der Waals surface area contributed by atoms with Gasteiger partial charge in [-0.2, -0.15) is 0 Å². The maximum atomic E-state index is 14.3. The molecule has 5 fully saturated rings. The molecule has 0 bridgehead atoms. The summed E-state index contributed by atoms with van der Waals surface area (Å²) in [6.45, 7) is 9.90. The van der Waals surface area contributed by atoms with Gasteiger partial charge in [-0.3, -0.25) is 4.79 Å². The lowest BCUT2D eigenvalue weighted by atomic mass is 9.43. The average molecular weight is 627 g/mol. The number of ketones is 1. The summed E-state index contributed by atoms with van der Waals surface area (Å²) in [6.07, 6.45) is 1.59. The largest absolute Gasteiger partial charge is 0.504 e. The monoisotopic (exact) mass is 626 g/mol. The molecule has 5 aliphatic carbocycles. The molecule has 0 radical (unpaired) electrons. The standard InChI is InChI=1S/C36H50O9/c1-17-7-6-11-36(31(42)18(17)2)34(5,43)30-26(45-36)16-35(44)21-14-24(39)28-27(19-8-9-22(37)23(38)13-19)29(41)25(40)15-32(28,3)20(21)10-12-33(30,35)4/h8-9,13-14,17-18,20,25-31,37-38,40-44H,6-7,10-12,15-16H2,1-5H3/t17-,18+,20+,25+,26+,27-,28-,29+,30+,31+,32-,33-,34-,35-,36+/m1/s1. The van der Waals surface area contributed by atoms with Crippen LogP contribution in [-0.4, -0.2) is 82.7 Å². The average Bonchev–Trinajstić information content (AvgIpc) is 3.29. The molecule has 6 aliphatic rings. The van der Waals surface area contributed by atoms with E-state index in [9.17, 15) is 40.5 Å². The van der Waals surface area contributed by atoms with E-state index in [4.69, 9.17) is 4.74 Å². The molecule has 1 heterocycles. The molecule has 1 spiro atoms. The molecule has 45 heavy (non-hydrogen) atoms. The van der Waals surface area contributed by atoms with Gasteiger partial charge in [-0.15, -0.1) is 0 Å². The van der Waals surface area contributed by atoms with Crippen LogP contribution in [0.1, 0.15) is 91.0 Å². The Bertz CT molecular complexity index is 1440. The molecule has 1 aliphatic heterocycles. The van der Waals surface area contributed by atoms with Gasteiger partial charge in [0.1, 0.15) is 5.60 Å². The summed E-state index contributed by atoms with van der Waals surface area (Å²) in [5.41, 5.74) is -4.62. The van der Waals surface area contributed by atoms with Gasteiger partial charge in [-0.05, 0) is 85.1 Å². The molecule has 248 valence electrons. The zero-order valence-corrected chi connectivity index (χ0v) is 27.0. The fraction of sp³-hybridized carbons (Fsp3) is 0.750. The number of benzene rings is 1. The zero-order chi connectivity index (χ0) is 32.6. The second-order valence-electron chi connectivity index (χ2n) is 16.4. The highest BCUT2D eigenvalue weighted by Crippen LogP contribution is 2.73. The number of allylic oxidation sites excluding steroid dienone is 1. The first-order chi connectivity index (χ1) is 20.9. The number of hydrogen-bond donors (Lipinski definition) is 7. The number of carbonyl (C=O) groups is 1. The van der Waals surface area contributed by atoms with Crippen LogP contribution >= 0.6 is 0 Å². The minimum absolute atomic E-state index is 0.0627. The Kier molecular flexibility index (Phi) is 6.85. The summed E-state index contributed by atoms with van der Waals surface area (Å²) in [4.78, 5) is 14.3. The van der Waals surface area contributed by atoms with Gasteiger partial charge in [0.25, 0.3) is 0 Å². The topological polar surface area (TPSA) is 168 Å². The Hall–Kier alpha value is -2.01. The summed E-state index contributed by atoms with van der Waals surface area (Å²) in [5.74, 6) is -3.02. The Labute approximate surface area is 264 Å². The van der Waals surface area contributed by atoms with E-state index in [1.807, 2.05) is 20.8 Å². The number of ether oxygens (including phenoxy) is 1. The van der Waals surface area contributed by atoms with Crippen molar-refractivity contribution in [1.82, 2.24) is 0 Å². The van der Waals surface area contributed by atoms with E-state index < -0.39 is 69.8 Å². The van der Waals surface area contributed by atoms with Gasteiger partial charge in [0.15, 0.2) is 17.3 Å². The van der Waals surface area contributed by atoms with Crippen LogP contribution < -0.4 is 0 Å². The van der Waals surface area contributed by atoms with E-state index in [0.29, 0.717) is 30.4 Å². The SMILES string of the molecule is C[C@H]1[C@H](C)CCC[C@]2(O[C@H]3C[C@@]4(O)C5=CC(=O)[C@@H]6[C@@H](c7ccc(O)c(O)c7)[C@@H](O)[C@@H](O)C[C@]6(C)[C@H]5CC[C@]4(C)[C@H]3[C@@]2(C)O)[C@H]1O. The van der Waals surface area contributed by atoms with Crippen molar-refractivity contribution in [1.29, 1.82) is 0 Å².